The van der Waals surface area contributed by atoms with Gasteiger partial charge >= 0.3 is 5.97 Å². The molecule has 0 saturated carbocycles. The van der Waals surface area contributed by atoms with E-state index in [-0.39, 0.29) is 17.6 Å². The number of hydrogen-bond acceptors (Lipinski definition) is 6. The monoisotopic (exact) mass is 275 g/mol. The first-order valence-electron chi connectivity index (χ1n) is 5.79. The van der Waals surface area contributed by atoms with E-state index in [1.165, 1.54) is 12.1 Å². The first-order valence-corrected chi connectivity index (χ1v) is 5.79. The fourth-order valence-electron chi connectivity index (χ4n) is 1.48. The Balaban J connectivity index is 2.14. The largest absolute Gasteiger partial charge is 0.508 e. The number of carbonyl (C=O) groups is 1. The predicted molar refractivity (Wildman–Crippen MR) is 71.3 cm³/mol. The number of carboxylic acids is 1. The molecule has 0 spiro atoms. The van der Waals surface area contributed by atoms with Crippen molar-refractivity contribution in [1.82, 2.24) is 9.97 Å². The van der Waals surface area contributed by atoms with Gasteiger partial charge < -0.3 is 20.3 Å². The minimum atomic E-state index is -1.07. The van der Waals surface area contributed by atoms with Crippen molar-refractivity contribution in [2.45, 2.75) is 6.92 Å². The molecule has 0 radical (unpaired) electrons. The van der Waals surface area contributed by atoms with E-state index in [0.29, 0.717) is 11.4 Å². The van der Waals surface area contributed by atoms with Crippen molar-refractivity contribution in [2.24, 2.45) is 0 Å². The number of aromatic nitrogens is 2. The standard InChI is InChI=1S/C13H13N3O4/c1-8-6-11(20-7-12(18)19)16-13(14-8)15-9-2-4-10(17)5-3-9/h2-6,17H,7H2,1H3,(H,18,19)(H,14,15,16). The van der Waals surface area contributed by atoms with Gasteiger partial charge in [-0.3, -0.25) is 0 Å². The number of aliphatic carboxylic acids is 1. The van der Waals surface area contributed by atoms with Crippen LogP contribution in [0, 0.1) is 6.92 Å². The molecule has 0 unspecified atom stereocenters. The van der Waals surface area contributed by atoms with Crippen LogP contribution in [0.25, 0.3) is 0 Å². The summed E-state index contributed by atoms with van der Waals surface area (Å²) in [6, 6.07) is 7.93. The van der Waals surface area contributed by atoms with E-state index >= 15 is 0 Å². The topological polar surface area (TPSA) is 105 Å². The van der Waals surface area contributed by atoms with Crippen LogP contribution in [0.5, 0.6) is 11.6 Å². The number of phenols is 1. The van der Waals surface area contributed by atoms with Crippen LogP contribution in [0.4, 0.5) is 11.6 Å². The molecule has 104 valence electrons. The van der Waals surface area contributed by atoms with Gasteiger partial charge in [0.15, 0.2) is 6.61 Å². The van der Waals surface area contributed by atoms with Crippen molar-refractivity contribution in [2.75, 3.05) is 11.9 Å². The second-order valence-electron chi connectivity index (χ2n) is 4.03. The number of carboxylic acid groups (broad SMARTS) is 1. The molecule has 3 N–H and O–H groups in total. The maximum atomic E-state index is 10.5. The van der Waals surface area contributed by atoms with Crippen LogP contribution in [0.1, 0.15) is 5.69 Å². The molecule has 0 atom stereocenters. The van der Waals surface area contributed by atoms with Crippen LogP contribution < -0.4 is 10.1 Å². The van der Waals surface area contributed by atoms with Crippen molar-refractivity contribution in [3.63, 3.8) is 0 Å². The number of aryl methyl sites for hydroxylation is 1. The summed E-state index contributed by atoms with van der Waals surface area (Å²) in [4.78, 5) is 18.7. The van der Waals surface area contributed by atoms with Gasteiger partial charge in [-0.2, -0.15) is 4.98 Å². The fraction of sp³-hybridized carbons (Fsp3) is 0.154. The molecule has 0 aliphatic carbocycles. The molecule has 2 rings (SSSR count). The summed E-state index contributed by atoms with van der Waals surface area (Å²) in [6.45, 7) is 1.28. The van der Waals surface area contributed by atoms with Crippen LogP contribution in [-0.2, 0) is 4.79 Å². The molecule has 0 bridgehead atoms. The van der Waals surface area contributed by atoms with Crippen LogP contribution in [-0.4, -0.2) is 32.8 Å². The zero-order valence-electron chi connectivity index (χ0n) is 10.7. The summed E-state index contributed by atoms with van der Waals surface area (Å²) in [5.41, 5.74) is 1.33. The van der Waals surface area contributed by atoms with Crippen LogP contribution in [0.3, 0.4) is 0 Å². The van der Waals surface area contributed by atoms with Gasteiger partial charge in [0.2, 0.25) is 11.8 Å². The second kappa shape index (κ2) is 5.87. The Kier molecular flexibility index (Phi) is 3.99. The highest BCUT2D eigenvalue weighted by Crippen LogP contribution is 2.19. The third kappa shape index (κ3) is 3.84. The van der Waals surface area contributed by atoms with Crippen LogP contribution >= 0.6 is 0 Å². The predicted octanol–water partition coefficient (Wildman–Crippen LogP) is 1.70. The van der Waals surface area contributed by atoms with E-state index in [9.17, 15) is 9.90 Å². The fourth-order valence-corrected chi connectivity index (χ4v) is 1.48. The van der Waals surface area contributed by atoms with Gasteiger partial charge in [-0.25, -0.2) is 9.78 Å². The summed E-state index contributed by atoms with van der Waals surface area (Å²) >= 11 is 0. The lowest BCUT2D eigenvalue weighted by atomic mass is 10.3. The van der Waals surface area contributed by atoms with Crippen molar-refractivity contribution in [1.29, 1.82) is 0 Å². The lowest BCUT2D eigenvalue weighted by molar-refractivity contribution is -0.139. The first-order chi connectivity index (χ1) is 9.52. The molecule has 0 fully saturated rings. The maximum absolute atomic E-state index is 10.5. The summed E-state index contributed by atoms with van der Waals surface area (Å²) in [7, 11) is 0. The molecule has 0 aliphatic rings. The molecule has 1 heterocycles. The Morgan fingerprint density at radius 3 is 2.65 bits per heavy atom. The quantitative estimate of drug-likeness (QED) is 0.713. The van der Waals surface area contributed by atoms with Crippen molar-refractivity contribution < 1.29 is 19.7 Å². The number of aromatic hydroxyl groups is 1. The Hall–Kier alpha value is -2.83. The van der Waals surface area contributed by atoms with Gasteiger partial charge in [-0.15, -0.1) is 0 Å². The highest BCUT2D eigenvalue weighted by atomic mass is 16.5. The van der Waals surface area contributed by atoms with Gasteiger partial charge in [-0.05, 0) is 31.2 Å². The minimum Gasteiger partial charge on any atom is -0.508 e. The van der Waals surface area contributed by atoms with Crippen molar-refractivity contribution >= 4 is 17.6 Å². The lowest BCUT2D eigenvalue weighted by Gasteiger charge is -2.08. The summed E-state index contributed by atoms with van der Waals surface area (Å²) in [5, 5.41) is 20.7. The van der Waals surface area contributed by atoms with E-state index in [4.69, 9.17) is 9.84 Å². The molecule has 7 nitrogen and oxygen atoms in total. The molecule has 20 heavy (non-hydrogen) atoms. The number of nitrogens with one attached hydrogen (secondary N) is 1. The Morgan fingerprint density at radius 2 is 2.00 bits per heavy atom. The zero-order valence-corrected chi connectivity index (χ0v) is 10.7. The van der Waals surface area contributed by atoms with Gasteiger partial charge in [-0.1, -0.05) is 0 Å². The normalized spacial score (nSPS) is 10.1. The highest BCUT2D eigenvalue weighted by Gasteiger charge is 2.06. The van der Waals surface area contributed by atoms with Crippen molar-refractivity contribution in [3.8, 4) is 11.6 Å². The van der Waals surface area contributed by atoms with E-state index in [0.717, 1.165) is 0 Å². The Morgan fingerprint density at radius 1 is 1.30 bits per heavy atom. The summed E-state index contributed by atoms with van der Waals surface area (Å²) < 4.78 is 5.02. The van der Waals surface area contributed by atoms with Crippen LogP contribution in [0.2, 0.25) is 0 Å². The molecule has 2 aromatic rings. The molecule has 1 aromatic carbocycles. The molecule has 0 amide bonds. The number of rotatable bonds is 5. The number of nitrogens with zero attached hydrogens (tertiary/aromatic N) is 2. The van der Waals surface area contributed by atoms with Gasteiger partial charge in [0.05, 0.1) is 0 Å². The van der Waals surface area contributed by atoms with Gasteiger partial charge in [0.1, 0.15) is 5.75 Å². The first kappa shape index (κ1) is 13.6. The summed E-state index contributed by atoms with van der Waals surface area (Å²) in [5.74, 6) is -0.447. The Bertz CT molecular complexity index is 614. The Labute approximate surface area is 114 Å². The number of benzene rings is 1. The van der Waals surface area contributed by atoms with E-state index in [1.807, 2.05) is 0 Å². The molecule has 0 saturated heterocycles. The van der Waals surface area contributed by atoms with Gasteiger partial charge in [0, 0.05) is 17.4 Å². The maximum Gasteiger partial charge on any atom is 0.341 e. The average molecular weight is 275 g/mol. The number of hydrogen-bond donors (Lipinski definition) is 3. The minimum absolute atomic E-state index is 0.159. The van der Waals surface area contributed by atoms with E-state index < -0.39 is 12.6 Å². The third-order valence-corrected chi connectivity index (χ3v) is 2.30. The molecule has 0 aliphatic heterocycles. The summed E-state index contributed by atoms with van der Waals surface area (Å²) in [6.07, 6.45) is 0. The zero-order chi connectivity index (χ0) is 14.5. The lowest BCUT2D eigenvalue weighted by Crippen LogP contribution is -2.11. The average Bonchev–Trinajstić information content (AvgIpc) is 2.38. The smallest absolute Gasteiger partial charge is 0.341 e. The SMILES string of the molecule is Cc1cc(OCC(=O)O)nc(Nc2ccc(O)cc2)n1. The molecule has 1 aromatic heterocycles. The molecular weight excluding hydrogens is 262 g/mol. The van der Waals surface area contributed by atoms with E-state index in [2.05, 4.69) is 15.3 Å². The second-order valence-corrected chi connectivity index (χ2v) is 4.03. The highest BCUT2D eigenvalue weighted by molar-refractivity contribution is 5.68. The van der Waals surface area contributed by atoms with Crippen LogP contribution in [0.15, 0.2) is 30.3 Å². The van der Waals surface area contributed by atoms with Crippen molar-refractivity contribution in [3.05, 3.63) is 36.0 Å². The molecule has 7 heteroatoms. The third-order valence-electron chi connectivity index (χ3n) is 2.30. The van der Waals surface area contributed by atoms with Gasteiger partial charge in [0.25, 0.3) is 0 Å². The number of anilines is 2. The number of ether oxygens (including phenoxy) is 1. The molecular formula is C13H13N3O4. The van der Waals surface area contributed by atoms with E-state index in [1.54, 1.807) is 25.1 Å². The number of phenolic OH excluding ortho intramolecular Hbond substituents is 1.